The number of hydrogen-bond acceptors (Lipinski definition) is 4. The molecular formula is C20H20F3N5O2. The van der Waals surface area contributed by atoms with Gasteiger partial charge >= 0.3 is 6.18 Å². The number of nitrogens with one attached hydrogen (secondary N) is 1. The summed E-state index contributed by atoms with van der Waals surface area (Å²) in [5.74, 6) is -0.0818. The van der Waals surface area contributed by atoms with Gasteiger partial charge in [-0.2, -0.15) is 13.2 Å². The van der Waals surface area contributed by atoms with E-state index in [2.05, 4.69) is 15.0 Å². The Kier molecular flexibility index (Phi) is 5.08. The van der Waals surface area contributed by atoms with Crippen LogP contribution in [0.3, 0.4) is 0 Å². The van der Waals surface area contributed by atoms with Gasteiger partial charge in [-0.3, -0.25) is 14.6 Å². The number of imidazole rings is 1. The first-order chi connectivity index (χ1) is 14.2. The summed E-state index contributed by atoms with van der Waals surface area (Å²) in [7, 11) is 0. The second-order valence-electron chi connectivity index (χ2n) is 7.51. The predicted octanol–water partition coefficient (Wildman–Crippen LogP) is 2.85. The van der Waals surface area contributed by atoms with Crippen LogP contribution >= 0.6 is 0 Å². The second-order valence-corrected chi connectivity index (χ2v) is 7.51. The molecule has 7 nitrogen and oxygen atoms in total. The van der Waals surface area contributed by atoms with E-state index in [0.29, 0.717) is 31.6 Å². The molecule has 10 heteroatoms. The molecule has 0 saturated carbocycles. The summed E-state index contributed by atoms with van der Waals surface area (Å²) < 4.78 is 41.8. The Morgan fingerprint density at radius 1 is 1.27 bits per heavy atom. The predicted molar refractivity (Wildman–Crippen MR) is 103 cm³/mol. The molecule has 0 unspecified atom stereocenters. The minimum absolute atomic E-state index is 0.0226. The molecule has 1 aliphatic rings. The third-order valence-corrected chi connectivity index (χ3v) is 5.42. The van der Waals surface area contributed by atoms with Crippen LogP contribution in [0.5, 0.6) is 0 Å². The van der Waals surface area contributed by atoms with Gasteiger partial charge in [0.2, 0.25) is 5.91 Å². The zero-order chi connectivity index (χ0) is 21.5. The number of rotatable bonds is 3. The molecule has 0 radical (unpaired) electrons. The minimum Gasteiger partial charge on any atom is -0.341 e. The summed E-state index contributed by atoms with van der Waals surface area (Å²) in [4.78, 5) is 37.4. The Labute approximate surface area is 169 Å². The number of H-pyrrole nitrogens is 1. The molecular weight excluding hydrogens is 399 g/mol. The quantitative estimate of drug-likeness (QED) is 0.708. The van der Waals surface area contributed by atoms with E-state index in [4.69, 9.17) is 0 Å². The molecule has 4 rings (SSSR count). The number of likely N-dealkylation sites (tertiary alicyclic amines) is 1. The van der Waals surface area contributed by atoms with Crippen molar-refractivity contribution in [1.29, 1.82) is 0 Å². The van der Waals surface area contributed by atoms with Gasteiger partial charge in [0.1, 0.15) is 6.54 Å². The smallest absolute Gasteiger partial charge is 0.341 e. The van der Waals surface area contributed by atoms with Gasteiger partial charge < -0.3 is 14.5 Å². The van der Waals surface area contributed by atoms with Crippen LogP contribution in [0.2, 0.25) is 0 Å². The number of carbonyl (C=O) groups is 1. The van der Waals surface area contributed by atoms with E-state index in [1.54, 1.807) is 28.2 Å². The summed E-state index contributed by atoms with van der Waals surface area (Å²) in [6.45, 7) is 2.70. The fourth-order valence-electron chi connectivity index (χ4n) is 3.94. The van der Waals surface area contributed by atoms with Gasteiger partial charge in [-0.15, -0.1) is 0 Å². The van der Waals surface area contributed by atoms with Gasteiger partial charge in [-0.25, -0.2) is 4.98 Å². The lowest BCUT2D eigenvalue weighted by molar-refractivity contribution is -0.136. The van der Waals surface area contributed by atoms with Gasteiger partial charge in [-0.1, -0.05) is 0 Å². The average molecular weight is 419 g/mol. The first-order valence-corrected chi connectivity index (χ1v) is 9.57. The molecule has 30 heavy (non-hydrogen) atoms. The molecule has 1 N–H and O–H groups in total. The molecule has 0 aromatic carbocycles. The van der Waals surface area contributed by atoms with Gasteiger partial charge in [-0.05, 0) is 31.9 Å². The van der Waals surface area contributed by atoms with Gasteiger partial charge in [0.15, 0.2) is 0 Å². The summed E-state index contributed by atoms with van der Waals surface area (Å²) in [6, 6.07) is 2.42. The Morgan fingerprint density at radius 2 is 2.00 bits per heavy atom. The largest absolute Gasteiger partial charge is 0.417 e. The van der Waals surface area contributed by atoms with Gasteiger partial charge in [0.05, 0.1) is 22.8 Å². The van der Waals surface area contributed by atoms with E-state index in [-0.39, 0.29) is 29.6 Å². The molecule has 0 atom stereocenters. The Bertz CT molecular complexity index is 1130. The number of aryl methyl sites for hydroxylation is 1. The average Bonchev–Trinajstić information content (AvgIpc) is 3.19. The number of piperidine rings is 1. The van der Waals surface area contributed by atoms with Gasteiger partial charge in [0.25, 0.3) is 5.56 Å². The lowest BCUT2D eigenvalue weighted by Crippen LogP contribution is -2.40. The van der Waals surface area contributed by atoms with Crippen molar-refractivity contribution in [3.05, 3.63) is 58.2 Å². The summed E-state index contributed by atoms with van der Waals surface area (Å²) >= 11 is 0. The van der Waals surface area contributed by atoms with E-state index < -0.39 is 22.7 Å². The number of amides is 1. The molecule has 0 aliphatic carbocycles. The third kappa shape index (κ3) is 3.94. The zero-order valence-corrected chi connectivity index (χ0v) is 16.2. The molecule has 1 aliphatic heterocycles. The normalized spacial score (nSPS) is 15.7. The molecule has 4 heterocycles. The molecule has 3 aromatic heterocycles. The first-order valence-electron chi connectivity index (χ1n) is 9.57. The van der Waals surface area contributed by atoms with Crippen molar-refractivity contribution < 1.29 is 18.0 Å². The monoisotopic (exact) mass is 419 g/mol. The van der Waals surface area contributed by atoms with Crippen LogP contribution in [0.1, 0.15) is 35.7 Å². The number of carbonyl (C=O) groups excluding carboxylic acids is 1. The zero-order valence-electron chi connectivity index (χ0n) is 16.2. The number of hydrogen-bond donors (Lipinski definition) is 1. The second kappa shape index (κ2) is 7.58. The number of halogens is 3. The van der Waals surface area contributed by atoms with Crippen molar-refractivity contribution in [2.24, 2.45) is 0 Å². The van der Waals surface area contributed by atoms with Crippen LogP contribution in [0.4, 0.5) is 13.2 Å². The Morgan fingerprint density at radius 3 is 2.63 bits per heavy atom. The maximum atomic E-state index is 13.4. The van der Waals surface area contributed by atoms with E-state index in [0.717, 1.165) is 6.07 Å². The summed E-state index contributed by atoms with van der Waals surface area (Å²) in [5, 5.41) is -0.440. The molecule has 1 fully saturated rings. The highest BCUT2D eigenvalue weighted by atomic mass is 19.4. The summed E-state index contributed by atoms with van der Waals surface area (Å²) in [5.41, 5.74) is -0.968. The standard InChI is InChI=1S/C20H20F3N5O2/c1-12-8-14(20(21,22)23)18-16(25-12)9-15(26-19(18)30)13-2-5-28(6-3-13)17(29)10-27-7-4-24-11-27/h4,7-9,11,13H,2-3,5-6,10H2,1H3,(H,26,30). The van der Waals surface area contributed by atoms with E-state index in [1.165, 1.54) is 13.0 Å². The maximum Gasteiger partial charge on any atom is 0.417 e. The molecule has 0 spiro atoms. The van der Waals surface area contributed by atoms with Crippen molar-refractivity contribution >= 4 is 16.8 Å². The molecule has 0 bridgehead atoms. The maximum absolute atomic E-state index is 13.4. The minimum atomic E-state index is -4.64. The molecule has 3 aromatic rings. The SMILES string of the molecule is Cc1cc(C(F)(F)F)c2c(=O)[nH]c(C3CCN(C(=O)Cn4ccnc4)CC3)cc2n1. The van der Waals surface area contributed by atoms with Crippen LogP contribution in [0.25, 0.3) is 10.9 Å². The topological polar surface area (TPSA) is 83.9 Å². The molecule has 158 valence electrons. The van der Waals surface area contributed by atoms with Gasteiger partial charge in [0, 0.05) is 42.8 Å². The number of aromatic amines is 1. The van der Waals surface area contributed by atoms with E-state index in [9.17, 15) is 22.8 Å². The van der Waals surface area contributed by atoms with Crippen molar-refractivity contribution in [3.8, 4) is 0 Å². The van der Waals surface area contributed by atoms with Crippen LogP contribution in [0.15, 0.2) is 35.6 Å². The Hall–Kier alpha value is -3.17. The van der Waals surface area contributed by atoms with Crippen molar-refractivity contribution in [3.63, 3.8) is 0 Å². The highest BCUT2D eigenvalue weighted by molar-refractivity contribution is 5.82. The third-order valence-electron chi connectivity index (χ3n) is 5.42. The first kappa shape index (κ1) is 20.1. The van der Waals surface area contributed by atoms with Crippen molar-refractivity contribution in [2.75, 3.05) is 13.1 Å². The lowest BCUT2D eigenvalue weighted by Gasteiger charge is -2.32. The number of aromatic nitrogens is 4. The molecule has 1 amide bonds. The fraction of sp³-hybridized carbons (Fsp3) is 0.400. The van der Waals surface area contributed by atoms with Crippen molar-refractivity contribution in [2.45, 2.75) is 38.4 Å². The van der Waals surface area contributed by atoms with Crippen LogP contribution in [-0.4, -0.2) is 43.4 Å². The van der Waals surface area contributed by atoms with Crippen LogP contribution in [-0.2, 0) is 17.5 Å². The Balaban J connectivity index is 1.55. The van der Waals surface area contributed by atoms with Crippen molar-refractivity contribution in [1.82, 2.24) is 24.4 Å². The summed E-state index contributed by atoms with van der Waals surface area (Å²) in [6.07, 6.45) is 1.48. The highest BCUT2D eigenvalue weighted by Crippen LogP contribution is 2.34. The number of nitrogens with zero attached hydrogens (tertiary/aromatic N) is 4. The van der Waals surface area contributed by atoms with E-state index in [1.807, 2.05) is 0 Å². The molecule has 1 saturated heterocycles. The fourth-order valence-corrected chi connectivity index (χ4v) is 3.94. The number of alkyl halides is 3. The van der Waals surface area contributed by atoms with Crippen LogP contribution < -0.4 is 5.56 Å². The number of pyridine rings is 2. The lowest BCUT2D eigenvalue weighted by atomic mass is 9.92. The highest BCUT2D eigenvalue weighted by Gasteiger charge is 2.35. The van der Waals surface area contributed by atoms with E-state index >= 15 is 0 Å². The number of fused-ring (bicyclic) bond motifs is 1. The van der Waals surface area contributed by atoms with Crippen LogP contribution in [0, 0.1) is 6.92 Å².